The topological polar surface area (TPSA) is 111 Å². The van der Waals surface area contributed by atoms with E-state index in [0.717, 1.165) is 51.4 Å². The molecule has 0 heterocycles. The number of likely N-dealkylation sites (N-methyl/N-ethyl adjacent to an activating group) is 1. The minimum Gasteiger partial charge on any atom is -0.756 e. The maximum atomic E-state index is 12.7. The molecule has 0 spiro atoms. The van der Waals surface area contributed by atoms with E-state index in [2.05, 4.69) is 38.2 Å². The van der Waals surface area contributed by atoms with Crippen LogP contribution >= 0.6 is 7.82 Å². The molecule has 0 aromatic heterocycles. The van der Waals surface area contributed by atoms with Crippen LogP contribution in [0.15, 0.2) is 24.3 Å². The van der Waals surface area contributed by atoms with E-state index in [-0.39, 0.29) is 32.0 Å². The number of ether oxygens (including phenoxy) is 2. The Kier molecular flexibility index (Phi) is 43.6. The third kappa shape index (κ3) is 48.0. The van der Waals surface area contributed by atoms with Crippen LogP contribution < -0.4 is 4.89 Å². The Balaban J connectivity index is 4.21. The van der Waals surface area contributed by atoms with Crippen LogP contribution in [0.1, 0.15) is 245 Å². The summed E-state index contributed by atoms with van der Waals surface area (Å²) >= 11 is 0. The molecule has 0 aliphatic carbocycles. The van der Waals surface area contributed by atoms with Crippen molar-refractivity contribution in [2.75, 3.05) is 47.5 Å². The smallest absolute Gasteiger partial charge is 0.306 e. The van der Waals surface area contributed by atoms with E-state index in [1.165, 1.54) is 161 Å². The summed E-state index contributed by atoms with van der Waals surface area (Å²) in [5.74, 6) is -0.831. The van der Waals surface area contributed by atoms with E-state index >= 15 is 0 Å². The van der Waals surface area contributed by atoms with Crippen molar-refractivity contribution in [1.29, 1.82) is 0 Å². The van der Waals surface area contributed by atoms with Gasteiger partial charge in [-0.15, -0.1) is 0 Å². The Bertz CT molecular complexity index is 1110. The minimum atomic E-state index is -4.63. The van der Waals surface area contributed by atoms with Crippen LogP contribution in [0.5, 0.6) is 0 Å². The largest absolute Gasteiger partial charge is 0.756 e. The number of hydrogen-bond acceptors (Lipinski definition) is 8. The number of carbonyl (C=O) groups is 2. The Labute approximate surface area is 383 Å². The van der Waals surface area contributed by atoms with Gasteiger partial charge in [-0.3, -0.25) is 14.2 Å². The number of unbranched alkanes of at least 4 members (excludes halogenated alkanes) is 30. The van der Waals surface area contributed by atoms with Gasteiger partial charge in [0.1, 0.15) is 19.8 Å². The summed E-state index contributed by atoms with van der Waals surface area (Å²) in [4.78, 5) is 37.7. The van der Waals surface area contributed by atoms with E-state index in [4.69, 9.17) is 18.5 Å². The van der Waals surface area contributed by atoms with Gasteiger partial charge in [0.2, 0.25) is 0 Å². The fraction of sp³-hybridized carbons (Fsp3) is 0.885. The van der Waals surface area contributed by atoms with Crippen LogP contribution in [0.2, 0.25) is 0 Å². The molecule has 0 rings (SSSR count). The number of quaternary nitrogens is 1. The van der Waals surface area contributed by atoms with Gasteiger partial charge in [0.05, 0.1) is 27.7 Å². The summed E-state index contributed by atoms with van der Waals surface area (Å²) in [5.41, 5.74) is 0. The van der Waals surface area contributed by atoms with Gasteiger partial charge in [0.15, 0.2) is 6.10 Å². The Morgan fingerprint density at radius 3 is 1.31 bits per heavy atom. The number of hydrogen-bond donors (Lipinski definition) is 0. The van der Waals surface area contributed by atoms with Gasteiger partial charge in [-0.05, 0) is 44.9 Å². The summed E-state index contributed by atoms with van der Waals surface area (Å²) in [7, 11) is 1.17. The molecule has 0 N–H and O–H groups in total. The Morgan fingerprint density at radius 2 is 0.871 bits per heavy atom. The summed E-state index contributed by atoms with van der Waals surface area (Å²) in [6.07, 6.45) is 50.6. The molecule has 0 radical (unpaired) electrons. The molecule has 0 saturated carbocycles. The molecule has 2 atom stereocenters. The normalized spacial score (nSPS) is 13.6. The first-order valence-electron chi connectivity index (χ1n) is 26.0. The van der Waals surface area contributed by atoms with Gasteiger partial charge in [-0.1, -0.05) is 212 Å². The van der Waals surface area contributed by atoms with Crippen LogP contribution in [0.4, 0.5) is 0 Å². The quantitative estimate of drug-likeness (QED) is 0.0195. The van der Waals surface area contributed by atoms with Crippen molar-refractivity contribution in [1.82, 2.24) is 0 Å². The second kappa shape index (κ2) is 44.7. The van der Waals surface area contributed by atoms with Crippen molar-refractivity contribution in [3.63, 3.8) is 0 Å². The lowest BCUT2D eigenvalue weighted by Gasteiger charge is -2.28. The van der Waals surface area contributed by atoms with E-state index in [1.54, 1.807) is 0 Å². The molecule has 0 aliphatic heterocycles. The fourth-order valence-corrected chi connectivity index (χ4v) is 8.12. The lowest BCUT2D eigenvalue weighted by atomic mass is 10.0. The summed E-state index contributed by atoms with van der Waals surface area (Å²) < 4.78 is 34.1. The molecular formula is C52H100NO8P. The summed E-state index contributed by atoms with van der Waals surface area (Å²) in [6.45, 7) is 4.24. The third-order valence-corrected chi connectivity index (χ3v) is 12.4. The molecule has 0 aromatic carbocycles. The molecule has 1 unspecified atom stereocenters. The SMILES string of the molecule is CCCCC/C=C/C/C=C/CCCCCCCCCC(=O)O[C@H](COC(=O)CCCCCCCCCCCCCCCCCCCCCCC)COP(=O)([O-])OCC[N+](C)(C)C. The summed E-state index contributed by atoms with van der Waals surface area (Å²) in [6, 6.07) is 0. The Hall–Kier alpha value is -1.51. The third-order valence-electron chi connectivity index (χ3n) is 11.5. The lowest BCUT2D eigenvalue weighted by Crippen LogP contribution is -2.37. The fourth-order valence-electron chi connectivity index (χ4n) is 7.39. The predicted octanol–water partition coefficient (Wildman–Crippen LogP) is 14.8. The average Bonchev–Trinajstić information content (AvgIpc) is 3.23. The first kappa shape index (κ1) is 60.5. The van der Waals surface area contributed by atoms with E-state index in [1.807, 2.05) is 21.1 Å². The van der Waals surface area contributed by atoms with Crippen molar-refractivity contribution in [3.05, 3.63) is 24.3 Å². The summed E-state index contributed by atoms with van der Waals surface area (Å²) in [5, 5.41) is 0. The molecule has 10 heteroatoms. The molecule has 366 valence electrons. The van der Waals surface area contributed by atoms with Gasteiger partial charge in [0, 0.05) is 12.8 Å². The zero-order valence-corrected chi connectivity index (χ0v) is 42.2. The molecule has 0 aliphatic rings. The zero-order valence-electron chi connectivity index (χ0n) is 41.3. The van der Waals surface area contributed by atoms with Gasteiger partial charge in [-0.2, -0.15) is 0 Å². The minimum absolute atomic E-state index is 0.0304. The second-order valence-electron chi connectivity index (χ2n) is 18.9. The zero-order chi connectivity index (χ0) is 45.7. The second-order valence-corrected chi connectivity index (χ2v) is 20.3. The van der Waals surface area contributed by atoms with Crippen molar-refractivity contribution < 1.29 is 42.1 Å². The molecule has 0 bridgehead atoms. The van der Waals surface area contributed by atoms with E-state index in [0.29, 0.717) is 17.4 Å². The van der Waals surface area contributed by atoms with Crippen LogP contribution in [-0.4, -0.2) is 70.0 Å². The molecule has 0 amide bonds. The highest BCUT2D eigenvalue weighted by Crippen LogP contribution is 2.38. The highest BCUT2D eigenvalue weighted by molar-refractivity contribution is 7.45. The van der Waals surface area contributed by atoms with Crippen molar-refractivity contribution in [2.24, 2.45) is 0 Å². The van der Waals surface area contributed by atoms with Crippen LogP contribution in [0.25, 0.3) is 0 Å². The molecule has 0 saturated heterocycles. The van der Waals surface area contributed by atoms with Crippen LogP contribution in [0, 0.1) is 0 Å². The van der Waals surface area contributed by atoms with Crippen molar-refractivity contribution >= 4 is 19.8 Å². The van der Waals surface area contributed by atoms with Gasteiger partial charge in [-0.25, -0.2) is 0 Å². The van der Waals surface area contributed by atoms with E-state index in [9.17, 15) is 19.0 Å². The number of carbonyl (C=O) groups excluding carboxylic acids is 2. The highest BCUT2D eigenvalue weighted by Gasteiger charge is 2.21. The maximum absolute atomic E-state index is 12.7. The molecule has 62 heavy (non-hydrogen) atoms. The van der Waals surface area contributed by atoms with Crippen LogP contribution in [-0.2, 0) is 32.7 Å². The first-order valence-corrected chi connectivity index (χ1v) is 27.5. The molecular weight excluding hydrogens is 798 g/mol. The lowest BCUT2D eigenvalue weighted by molar-refractivity contribution is -0.870. The predicted molar refractivity (Wildman–Crippen MR) is 259 cm³/mol. The number of phosphoric acid groups is 1. The van der Waals surface area contributed by atoms with Crippen LogP contribution in [0.3, 0.4) is 0 Å². The Morgan fingerprint density at radius 1 is 0.500 bits per heavy atom. The number of esters is 2. The maximum Gasteiger partial charge on any atom is 0.306 e. The number of phosphoric ester groups is 1. The number of rotatable bonds is 48. The van der Waals surface area contributed by atoms with Crippen molar-refractivity contribution in [2.45, 2.75) is 251 Å². The number of nitrogens with zero attached hydrogens (tertiary/aromatic N) is 1. The standard InChI is InChI=1S/C52H100NO8P/c1-6-8-10-12-14-16-18-20-22-24-25-26-27-29-30-32-34-36-38-40-42-44-51(54)58-48-50(49-60-62(56,57)59-47-46-53(3,4)5)61-52(55)45-43-41-39-37-35-33-31-28-23-21-19-17-15-13-11-9-7-2/h15,17,21,23,50H,6-14,16,18-20,22,24-49H2,1-5H3/b17-15+,23-21+/t50-/m1/s1. The van der Waals surface area contributed by atoms with E-state index < -0.39 is 26.5 Å². The first-order chi connectivity index (χ1) is 30.0. The van der Waals surface area contributed by atoms with Gasteiger partial charge >= 0.3 is 11.9 Å². The van der Waals surface area contributed by atoms with Gasteiger partial charge in [0.25, 0.3) is 7.82 Å². The monoisotopic (exact) mass is 898 g/mol. The molecule has 9 nitrogen and oxygen atoms in total. The molecule has 0 fully saturated rings. The van der Waals surface area contributed by atoms with Gasteiger partial charge < -0.3 is 27.9 Å². The average molecular weight is 898 g/mol. The van der Waals surface area contributed by atoms with Crippen molar-refractivity contribution in [3.8, 4) is 0 Å². The number of allylic oxidation sites excluding steroid dienone is 4. The highest BCUT2D eigenvalue weighted by atomic mass is 31.2. The molecule has 0 aromatic rings.